The lowest BCUT2D eigenvalue weighted by atomic mass is 9.95. The Bertz CT molecular complexity index is 1310. The van der Waals surface area contributed by atoms with Crippen LogP contribution in [-0.4, -0.2) is 67.7 Å². The number of piperazine rings is 1. The summed E-state index contributed by atoms with van der Waals surface area (Å²) in [4.78, 5) is 18.3. The van der Waals surface area contributed by atoms with Crippen LogP contribution in [0.4, 0.5) is 0 Å². The van der Waals surface area contributed by atoms with Crippen molar-refractivity contribution in [2.75, 3.05) is 39.3 Å². The molecule has 0 aliphatic carbocycles. The van der Waals surface area contributed by atoms with Crippen molar-refractivity contribution in [3.63, 3.8) is 0 Å². The lowest BCUT2D eigenvalue weighted by Crippen LogP contribution is -2.52. The first kappa shape index (κ1) is 26.6. The molecule has 0 unspecified atom stereocenters. The molecule has 2 fully saturated rings. The number of carbonyl (C=O) groups is 1. The number of carbonyl (C=O) groups excluding carboxylic acids is 1. The minimum atomic E-state index is -3.56. The summed E-state index contributed by atoms with van der Waals surface area (Å²) in [5.74, 6) is 0.0510. The van der Waals surface area contributed by atoms with Crippen molar-refractivity contribution in [3.05, 3.63) is 101 Å². The second-order valence-electron chi connectivity index (χ2n) is 10.5. The molecule has 7 heteroatoms. The molecular weight excluding hydrogens is 494 g/mol. The standard InChI is InChI=1S/C31H37N3O3S/c1-24-13-14-25(2)29(23-24)38(36,37)34-17-15-28(16-18-34)31(35)33-21-19-32(20-22-33)30(26-9-5-3-6-10-26)27-11-7-4-8-12-27/h3-14,23,28,30H,15-22H2,1-2H3. The zero-order chi connectivity index (χ0) is 26.7. The third kappa shape index (κ3) is 5.55. The molecule has 5 rings (SSSR count). The molecule has 2 aliphatic heterocycles. The average molecular weight is 532 g/mol. The van der Waals surface area contributed by atoms with Gasteiger partial charge in [0.2, 0.25) is 15.9 Å². The van der Waals surface area contributed by atoms with Crippen molar-refractivity contribution in [2.24, 2.45) is 5.92 Å². The van der Waals surface area contributed by atoms with Gasteiger partial charge in [0.1, 0.15) is 0 Å². The molecule has 6 nitrogen and oxygen atoms in total. The second-order valence-corrected chi connectivity index (χ2v) is 12.4. The number of nitrogens with zero attached hydrogens (tertiary/aromatic N) is 3. The van der Waals surface area contributed by atoms with Crippen LogP contribution in [0.2, 0.25) is 0 Å². The van der Waals surface area contributed by atoms with Gasteiger partial charge in [-0.2, -0.15) is 4.31 Å². The number of hydrogen-bond donors (Lipinski definition) is 0. The highest BCUT2D eigenvalue weighted by Gasteiger charge is 2.36. The fourth-order valence-electron chi connectivity index (χ4n) is 5.81. The molecule has 0 radical (unpaired) electrons. The van der Waals surface area contributed by atoms with Crippen LogP contribution in [0, 0.1) is 19.8 Å². The molecule has 0 saturated carbocycles. The Hall–Kier alpha value is -3.00. The topological polar surface area (TPSA) is 60.9 Å². The van der Waals surface area contributed by atoms with E-state index >= 15 is 0 Å². The maximum absolute atomic E-state index is 13.4. The number of hydrogen-bond acceptors (Lipinski definition) is 4. The molecule has 2 heterocycles. The van der Waals surface area contributed by atoms with E-state index in [0.29, 0.717) is 43.9 Å². The maximum atomic E-state index is 13.4. The van der Waals surface area contributed by atoms with E-state index in [1.807, 2.05) is 43.0 Å². The number of amides is 1. The van der Waals surface area contributed by atoms with Crippen LogP contribution in [0.3, 0.4) is 0 Å². The van der Waals surface area contributed by atoms with Gasteiger partial charge >= 0.3 is 0 Å². The SMILES string of the molecule is Cc1ccc(C)c(S(=O)(=O)N2CCC(C(=O)N3CCN(C(c4ccccc4)c4ccccc4)CC3)CC2)c1. The van der Waals surface area contributed by atoms with E-state index in [4.69, 9.17) is 0 Å². The van der Waals surface area contributed by atoms with E-state index in [1.54, 1.807) is 10.4 Å². The number of aryl methyl sites for hydroxylation is 2. The van der Waals surface area contributed by atoms with E-state index in [-0.39, 0.29) is 17.9 Å². The van der Waals surface area contributed by atoms with Gasteiger partial charge in [0.25, 0.3) is 0 Å². The van der Waals surface area contributed by atoms with Crippen molar-refractivity contribution >= 4 is 15.9 Å². The highest BCUT2D eigenvalue weighted by molar-refractivity contribution is 7.89. The van der Waals surface area contributed by atoms with Crippen molar-refractivity contribution in [1.82, 2.24) is 14.1 Å². The molecule has 0 atom stereocenters. The lowest BCUT2D eigenvalue weighted by Gasteiger charge is -2.41. The molecule has 38 heavy (non-hydrogen) atoms. The van der Waals surface area contributed by atoms with Gasteiger partial charge in [0.05, 0.1) is 10.9 Å². The molecule has 0 spiro atoms. The largest absolute Gasteiger partial charge is 0.340 e. The predicted molar refractivity (Wildman–Crippen MR) is 150 cm³/mol. The Morgan fingerprint density at radius 3 is 1.87 bits per heavy atom. The van der Waals surface area contributed by atoms with Crippen LogP contribution < -0.4 is 0 Å². The van der Waals surface area contributed by atoms with E-state index in [2.05, 4.69) is 53.4 Å². The molecule has 0 bridgehead atoms. The fourth-order valence-corrected chi connectivity index (χ4v) is 7.59. The second kappa shape index (κ2) is 11.4. The van der Waals surface area contributed by atoms with Gasteiger partial charge in [-0.1, -0.05) is 72.8 Å². The van der Waals surface area contributed by atoms with E-state index in [9.17, 15) is 13.2 Å². The fraction of sp³-hybridized carbons (Fsp3) is 0.387. The zero-order valence-electron chi connectivity index (χ0n) is 22.3. The summed E-state index contributed by atoms with van der Waals surface area (Å²) in [7, 11) is -3.56. The maximum Gasteiger partial charge on any atom is 0.243 e. The first-order chi connectivity index (χ1) is 18.3. The quantitative estimate of drug-likeness (QED) is 0.465. The van der Waals surface area contributed by atoms with E-state index in [1.165, 1.54) is 11.1 Å². The number of sulfonamides is 1. The zero-order valence-corrected chi connectivity index (χ0v) is 23.1. The summed E-state index contributed by atoms with van der Waals surface area (Å²) in [6, 6.07) is 26.8. The van der Waals surface area contributed by atoms with Crippen molar-refractivity contribution in [2.45, 2.75) is 37.6 Å². The summed E-state index contributed by atoms with van der Waals surface area (Å²) in [5.41, 5.74) is 4.21. The van der Waals surface area contributed by atoms with Gasteiger partial charge in [-0.05, 0) is 55.0 Å². The monoisotopic (exact) mass is 531 g/mol. The van der Waals surface area contributed by atoms with Crippen molar-refractivity contribution in [3.8, 4) is 0 Å². The number of benzene rings is 3. The lowest BCUT2D eigenvalue weighted by molar-refractivity contribution is -0.138. The van der Waals surface area contributed by atoms with Crippen LogP contribution >= 0.6 is 0 Å². The summed E-state index contributed by atoms with van der Waals surface area (Å²) >= 11 is 0. The molecule has 1 amide bonds. The van der Waals surface area contributed by atoms with Gasteiger partial charge in [-0.15, -0.1) is 0 Å². The third-order valence-electron chi connectivity index (χ3n) is 7.99. The normalized spacial score (nSPS) is 18.1. The Kier molecular flexibility index (Phi) is 7.98. The Morgan fingerprint density at radius 1 is 0.763 bits per heavy atom. The Balaban J connectivity index is 1.20. The summed E-state index contributed by atoms with van der Waals surface area (Å²) < 4.78 is 28.2. The summed E-state index contributed by atoms with van der Waals surface area (Å²) in [6.45, 7) is 7.51. The number of rotatable bonds is 6. The smallest absolute Gasteiger partial charge is 0.243 e. The number of piperidine rings is 1. The minimum absolute atomic E-state index is 0.120. The minimum Gasteiger partial charge on any atom is -0.340 e. The van der Waals surface area contributed by atoms with E-state index < -0.39 is 10.0 Å². The Labute approximate surface area is 226 Å². The molecular formula is C31H37N3O3S. The van der Waals surface area contributed by atoms with Gasteiger partial charge in [-0.25, -0.2) is 8.42 Å². The molecule has 200 valence electrons. The van der Waals surface area contributed by atoms with Gasteiger partial charge in [0, 0.05) is 45.2 Å². The van der Waals surface area contributed by atoms with Crippen molar-refractivity contribution < 1.29 is 13.2 Å². The van der Waals surface area contributed by atoms with Crippen LogP contribution in [-0.2, 0) is 14.8 Å². The molecule has 0 aromatic heterocycles. The van der Waals surface area contributed by atoms with Crippen LogP contribution in [0.15, 0.2) is 83.8 Å². The highest BCUT2D eigenvalue weighted by Crippen LogP contribution is 2.31. The summed E-state index contributed by atoms with van der Waals surface area (Å²) in [6.07, 6.45) is 1.14. The molecule has 0 N–H and O–H groups in total. The summed E-state index contributed by atoms with van der Waals surface area (Å²) in [5, 5.41) is 0. The van der Waals surface area contributed by atoms with Gasteiger partial charge in [0.15, 0.2) is 0 Å². The molecule has 3 aromatic rings. The van der Waals surface area contributed by atoms with Crippen LogP contribution in [0.25, 0.3) is 0 Å². The van der Waals surface area contributed by atoms with Gasteiger partial charge < -0.3 is 4.90 Å². The first-order valence-corrected chi connectivity index (χ1v) is 15.0. The highest BCUT2D eigenvalue weighted by atomic mass is 32.2. The molecule has 2 saturated heterocycles. The average Bonchev–Trinajstić information content (AvgIpc) is 2.96. The Morgan fingerprint density at radius 2 is 1.32 bits per heavy atom. The van der Waals surface area contributed by atoms with Gasteiger partial charge in [-0.3, -0.25) is 9.69 Å². The van der Waals surface area contributed by atoms with Crippen LogP contribution in [0.1, 0.15) is 41.1 Å². The first-order valence-electron chi connectivity index (χ1n) is 13.5. The third-order valence-corrected chi connectivity index (χ3v) is 10.0. The molecule has 2 aliphatic rings. The van der Waals surface area contributed by atoms with Crippen molar-refractivity contribution in [1.29, 1.82) is 0 Å². The molecule has 3 aromatic carbocycles. The van der Waals surface area contributed by atoms with Crippen LogP contribution in [0.5, 0.6) is 0 Å². The van der Waals surface area contributed by atoms with E-state index in [0.717, 1.165) is 24.2 Å². The predicted octanol–water partition coefficient (Wildman–Crippen LogP) is 4.64.